The highest BCUT2D eigenvalue weighted by Crippen LogP contribution is 2.30. The number of nitrogens with one attached hydrogen (secondary N) is 1. The summed E-state index contributed by atoms with van der Waals surface area (Å²) in [4.78, 5) is 0. The van der Waals surface area contributed by atoms with Crippen LogP contribution in [0.15, 0.2) is 6.20 Å². The van der Waals surface area contributed by atoms with E-state index in [0.29, 0.717) is 18.4 Å². The van der Waals surface area contributed by atoms with E-state index < -0.39 is 0 Å². The van der Waals surface area contributed by atoms with Crippen LogP contribution < -0.4 is 5.32 Å². The van der Waals surface area contributed by atoms with Crippen LogP contribution in [0.1, 0.15) is 39.3 Å². The van der Waals surface area contributed by atoms with Gasteiger partial charge in [-0.05, 0) is 25.7 Å². The molecule has 1 saturated heterocycles. The first kappa shape index (κ1) is 11.1. The quantitative estimate of drug-likeness (QED) is 0.819. The summed E-state index contributed by atoms with van der Waals surface area (Å²) in [6, 6.07) is 2.96. The second-order valence-corrected chi connectivity index (χ2v) is 4.64. The lowest BCUT2D eigenvalue weighted by molar-refractivity contribution is 0.253. The Morgan fingerprint density at radius 2 is 2.50 bits per heavy atom. The van der Waals surface area contributed by atoms with Crippen molar-refractivity contribution >= 4 is 0 Å². The minimum Gasteiger partial charge on any atom is -0.306 e. The van der Waals surface area contributed by atoms with Gasteiger partial charge in [-0.1, -0.05) is 5.21 Å². The summed E-state index contributed by atoms with van der Waals surface area (Å²) < 4.78 is 1.72. The molecule has 1 aromatic heterocycles. The molecule has 5 heteroatoms. The number of aryl methyl sites for hydroxylation is 1. The van der Waals surface area contributed by atoms with E-state index in [2.05, 4.69) is 28.6 Å². The maximum absolute atomic E-state index is 8.76. The van der Waals surface area contributed by atoms with Crippen LogP contribution in [0.4, 0.5) is 0 Å². The van der Waals surface area contributed by atoms with E-state index in [4.69, 9.17) is 5.26 Å². The molecule has 1 aliphatic rings. The Labute approximate surface area is 96.9 Å². The monoisotopic (exact) mass is 221 g/mol. The van der Waals surface area contributed by atoms with Crippen LogP contribution >= 0.6 is 0 Å². The summed E-state index contributed by atoms with van der Waals surface area (Å²) in [6.45, 7) is 2.16. The lowest BCUT2D eigenvalue weighted by Gasteiger charge is -2.32. The molecule has 1 aromatic rings. The molecular formula is C11H19N5. The van der Waals surface area contributed by atoms with Crippen molar-refractivity contribution < 1.29 is 1.43 Å². The lowest BCUT2D eigenvalue weighted by Crippen LogP contribution is -2.38. The van der Waals surface area contributed by atoms with Gasteiger partial charge in [-0.15, -0.1) is 5.10 Å². The van der Waals surface area contributed by atoms with Crippen LogP contribution in [-0.2, 0) is 7.05 Å². The molecule has 1 N–H and O–H groups in total. The molecule has 3 atom stereocenters. The molecule has 2 unspecified atom stereocenters. The van der Waals surface area contributed by atoms with Gasteiger partial charge in [0.25, 0.3) is 0 Å². The molecule has 0 bridgehead atoms. The van der Waals surface area contributed by atoms with E-state index in [1.54, 1.807) is 4.68 Å². The first-order valence-corrected chi connectivity index (χ1v) is 5.68. The van der Waals surface area contributed by atoms with Gasteiger partial charge in [0, 0.05) is 27.1 Å². The topological polar surface area (TPSA) is 66.5 Å². The van der Waals surface area contributed by atoms with Gasteiger partial charge in [0.1, 0.15) is 0 Å². The number of piperidine rings is 1. The van der Waals surface area contributed by atoms with Crippen LogP contribution in [0.25, 0.3) is 0 Å². The van der Waals surface area contributed by atoms with Crippen molar-refractivity contribution in [1.29, 1.82) is 5.26 Å². The third kappa shape index (κ3) is 2.39. The van der Waals surface area contributed by atoms with Crippen molar-refractivity contribution in [2.75, 3.05) is 0 Å². The maximum atomic E-state index is 8.76. The Hall–Kier alpha value is -1.41. The van der Waals surface area contributed by atoms with E-state index in [1.807, 2.05) is 13.2 Å². The first-order chi connectivity index (χ1) is 7.69. The Bertz CT molecular complexity index is 397. The smallest absolute Gasteiger partial charge is 0.0996 e. The molecule has 0 aliphatic carbocycles. The van der Waals surface area contributed by atoms with E-state index >= 15 is 0 Å². The molecule has 5 nitrogen and oxygen atoms in total. The minimum atomic E-state index is 0. The zero-order valence-corrected chi connectivity index (χ0v) is 9.72. The summed E-state index contributed by atoms with van der Waals surface area (Å²) in [6.07, 6.45) is 4.64. The van der Waals surface area contributed by atoms with Crippen molar-refractivity contribution in [1.82, 2.24) is 20.3 Å². The molecule has 16 heavy (non-hydrogen) atoms. The number of rotatable bonds is 2. The van der Waals surface area contributed by atoms with E-state index in [0.717, 1.165) is 18.5 Å². The zero-order chi connectivity index (χ0) is 11.5. The zero-order valence-electron chi connectivity index (χ0n) is 9.72. The second-order valence-electron chi connectivity index (χ2n) is 4.64. The van der Waals surface area contributed by atoms with Gasteiger partial charge in [0.15, 0.2) is 0 Å². The highest BCUT2D eigenvalue weighted by Gasteiger charge is 2.28. The minimum absolute atomic E-state index is 0. The Balaban J connectivity index is 0.00000144. The Morgan fingerprint density at radius 3 is 3.12 bits per heavy atom. The summed E-state index contributed by atoms with van der Waals surface area (Å²) in [7, 11) is 1.87. The first-order valence-electron chi connectivity index (χ1n) is 5.68. The van der Waals surface area contributed by atoms with Gasteiger partial charge < -0.3 is 5.32 Å². The Kier molecular flexibility index (Phi) is 3.20. The molecule has 0 saturated carbocycles. The van der Waals surface area contributed by atoms with E-state index in [1.165, 1.54) is 0 Å². The molecule has 2 rings (SSSR count). The predicted molar refractivity (Wildman–Crippen MR) is 61.4 cm³/mol. The molecule has 0 aromatic carbocycles. The maximum Gasteiger partial charge on any atom is 0.0996 e. The van der Waals surface area contributed by atoms with E-state index in [9.17, 15) is 0 Å². The Morgan fingerprint density at radius 1 is 1.69 bits per heavy atom. The van der Waals surface area contributed by atoms with Gasteiger partial charge in [-0.3, -0.25) is 4.68 Å². The van der Waals surface area contributed by atoms with Gasteiger partial charge >= 0.3 is 0 Å². The van der Waals surface area contributed by atoms with Gasteiger partial charge in [-0.2, -0.15) is 5.26 Å². The molecule has 1 fully saturated rings. The van der Waals surface area contributed by atoms with Crippen molar-refractivity contribution in [2.45, 2.75) is 38.3 Å². The van der Waals surface area contributed by atoms with Crippen LogP contribution in [0.3, 0.4) is 0 Å². The molecule has 2 heterocycles. The summed E-state index contributed by atoms with van der Waals surface area (Å²) in [5.41, 5.74) is 0.983. The van der Waals surface area contributed by atoms with E-state index in [-0.39, 0.29) is 7.47 Å². The van der Waals surface area contributed by atoms with Crippen LogP contribution in [0.2, 0.25) is 0 Å². The summed E-state index contributed by atoms with van der Waals surface area (Å²) in [5.74, 6) is 0.480. The van der Waals surface area contributed by atoms with Crippen molar-refractivity contribution in [2.24, 2.45) is 13.0 Å². The molecular weight excluding hydrogens is 202 g/mol. The highest BCUT2D eigenvalue weighted by atomic mass is 15.4. The van der Waals surface area contributed by atoms with Crippen LogP contribution in [-0.4, -0.2) is 21.0 Å². The average Bonchev–Trinajstić information content (AvgIpc) is 2.64. The average molecular weight is 221 g/mol. The third-order valence-electron chi connectivity index (χ3n) is 3.10. The summed E-state index contributed by atoms with van der Waals surface area (Å²) in [5, 5.41) is 20.4. The molecule has 88 valence electrons. The predicted octanol–water partition coefficient (Wildman–Crippen LogP) is 1.40. The number of nitrogens with zero attached hydrogens (tertiary/aromatic N) is 4. The van der Waals surface area contributed by atoms with Gasteiger partial charge in [0.2, 0.25) is 0 Å². The fourth-order valence-corrected chi connectivity index (χ4v) is 2.44. The normalized spacial score (nSPS) is 29.9. The van der Waals surface area contributed by atoms with Crippen molar-refractivity contribution in [3.63, 3.8) is 0 Å². The molecule has 0 spiro atoms. The fourth-order valence-electron chi connectivity index (χ4n) is 2.44. The van der Waals surface area contributed by atoms with Crippen LogP contribution in [0, 0.1) is 17.2 Å². The van der Waals surface area contributed by atoms with Gasteiger partial charge in [0.05, 0.1) is 17.8 Å². The van der Waals surface area contributed by atoms with Crippen molar-refractivity contribution in [3.8, 4) is 6.07 Å². The number of hydrogen-bond acceptors (Lipinski definition) is 4. The SMILES string of the molecule is C[C@H]1CC(CC#N)CC(c2cn(C)nn2)N1.[HH]. The fraction of sp³-hybridized carbons (Fsp3) is 0.727. The molecule has 0 amide bonds. The number of aromatic nitrogens is 3. The number of hydrogen-bond donors (Lipinski definition) is 1. The number of nitriles is 1. The second kappa shape index (κ2) is 4.62. The van der Waals surface area contributed by atoms with Crippen molar-refractivity contribution in [3.05, 3.63) is 11.9 Å². The van der Waals surface area contributed by atoms with Crippen LogP contribution in [0.5, 0.6) is 0 Å². The highest BCUT2D eigenvalue weighted by molar-refractivity contribution is 5.04. The lowest BCUT2D eigenvalue weighted by atomic mass is 9.85. The summed E-state index contributed by atoms with van der Waals surface area (Å²) >= 11 is 0. The molecule has 0 radical (unpaired) electrons. The third-order valence-corrected chi connectivity index (χ3v) is 3.10. The van der Waals surface area contributed by atoms with Gasteiger partial charge in [-0.25, -0.2) is 0 Å². The molecule has 1 aliphatic heterocycles. The standard InChI is InChI=1S/C11H17N5.H2/c1-8-5-9(3-4-12)6-10(13-8)11-7-16(2)15-14-11;/h7-10,13H,3,5-6H2,1-2H3;1H/t8-,9?,10?;/m0./s1. The largest absolute Gasteiger partial charge is 0.306 e.